The second-order valence-electron chi connectivity index (χ2n) is 4.43. The first-order valence-corrected chi connectivity index (χ1v) is 7.31. The van der Waals surface area contributed by atoms with E-state index in [0.717, 1.165) is 24.2 Å². The Bertz CT molecular complexity index is 572. The van der Waals surface area contributed by atoms with E-state index < -0.39 is 0 Å². The van der Waals surface area contributed by atoms with Gasteiger partial charge < -0.3 is 10.1 Å². The van der Waals surface area contributed by atoms with Crippen molar-refractivity contribution in [1.29, 1.82) is 0 Å². The van der Waals surface area contributed by atoms with Crippen LogP contribution in [-0.4, -0.2) is 6.54 Å². The number of nitrogens with one attached hydrogen (secondary N) is 1. The van der Waals surface area contributed by atoms with Gasteiger partial charge in [0, 0.05) is 17.1 Å². The van der Waals surface area contributed by atoms with Crippen LogP contribution in [-0.2, 0) is 13.2 Å². The zero-order valence-corrected chi connectivity index (χ0v) is 12.8. The first-order valence-electron chi connectivity index (χ1n) is 6.56. The summed E-state index contributed by atoms with van der Waals surface area (Å²) >= 11 is 12.3. The summed E-state index contributed by atoms with van der Waals surface area (Å²) in [6.07, 6.45) is 0. The highest BCUT2D eigenvalue weighted by atomic mass is 35.5. The average molecular weight is 310 g/mol. The molecule has 0 atom stereocenters. The molecule has 106 valence electrons. The molecule has 0 amide bonds. The Morgan fingerprint density at radius 3 is 2.55 bits per heavy atom. The molecule has 2 aromatic rings. The van der Waals surface area contributed by atoms with Gasteiger partial charge in [-0.15, -0.1) is 0 Å². The molecule has 20 heavy (non-hydrogen) atoms. The fourth-order valence-corrected chi connectivity index (χ4v) is 2.26. The Labute approximate surface area is 129 Å². The van der Waals surface area contributed by atoms with Gasteiger partial charge in [0.05, 0.1) is 5.02 Å². The van der Waals surface area contributed by atoms with Gasteiger partial charge in [-0.1, -0.05) is 54.4 Å². The molecule has 0 aromatic heterocycles. The van der Waals surface area contributed by atoms with Crippen LogP contribution in [0.15, 0.2) is 42.5 Å². The van der Waals surface area contributed by atoms with Gasteiger partial charge in [0.25, 0.3) is 0 Å². The van der Waals surface area contributed by atoms with Crippen molar-refractivity contribution in [3.63, 3.8) is 0 Å². The first-order chi connectivity index (χ1) is 9.70. The minimum atomic E-state index is 0.409. The van der Waals surface area contributed by atoms with Gasteiger partial charge in [-0.2, -0.15) is 0 Å². The third-order valence-electron chi connectivity index (χ3n) is 2.92. The lowest BCUT2D eigenvalue weighted by Gasteiger charge is -2.10. The number of halogens is 2. The monoisotopic (exact) mass is 309 g/mol. The minimum absolute atomic E-state index is 0.409. The molecule has 0 fully saturated rings. The van der Waals surface area contributed by atoms with Crippen LogP contribution < -0.4 is 10.1 Å². The van der Waals surface area contributed by atoms with E-state index in [4.69, 9.17) is 27.9 Å². The molecule has 0 bridgehead atoms. The van der Waals surface area contributed by atoms with Crippen molar-refractivity contribution in [2.24, 2.45) is 0 Å². The van der Waals surface area contributed by atoms with E-state index in [1.165, 1.54) is 0 Å². The van der Waals surface area contributed by atoms with Gasteiger partial charge in [0.2, 0.25) is 0 Å². The van der Waals surface area contributed by atoms with Crippen LogP contribution in [0.1, 0.15) is 18.1 Å². The fraction of sp³-hybridized carbons (Fsp3) is 0.250. The summed E-state index contributed by atoms with van der Waals surface area (Å²) in [5.74, 6) is 0.673. The topological polar surface area (TPSA) is 21.3 Å². The van der Waals surface area contributed by atoms with Crippen molar-refractivity contribution in [1.82, 2.24) is 5.32 Å². The Kier molecular flexibility index (Phi) is 5.72. The number of rotatable bonds is 6. The maximum absolute atomic E-state index is 6.23. The summed E-state index contributed by atoms with van der Waals surface area (Å²) in [6, 6.07) is 13.5. The Hall–Kier alpha value is -1.22. The molecule has 4 heteroatoms. The quantitative estimate of drug-likeness (QED) is 0.836. The molecule has 0 saturated carbocycles. The Morgan fingerprint density at radius 2 is 1.85 bits per heavy atom. The van der Waals surface area contributed by atoms with Crippen molar-refractivity contribution in [2.75, 3.05) is 6.54 Å². The standard InChI is InChI=1S/C16H17Cl2NO/c1-2-19-10-12-7-8-16(15(18)9-12)20-11-13-5-3-4-6-14(13)17/h3-9,19H,2,10-11H2,1H3. The number of hydrogen-bond acceptors (Lipinski definition) is 2. The van der Waals surface area contributed by atoms with Crippen molar-refractivity contribution >= 4 is 23.2 Å². The van der Waals surface area contributed by atoms with Gasteiger partial charge in [-0.05, 0) is 30.3 Å². The molecule has 0 unspecified atom stereocenters. The lowest BCUT2D eigenvalue weighted by atomic mass is 10.2. The summed E-state index contributed by atoms with van der Waals surface area (Å²) in [5.41, 5.74) is 2.09. The van der Waals surface area contributed by atoms with Crippen LogP contribution >= 0.6 is 23.2 Å². The zero-order valence-electron chi connectivity index (χ0n) is 11.3. The van der Waals surface area contributed by atoms with E-state index in [1.807, 2.05) is 42.5 Å². The zero-order chi connectivity index (χ0) is 14.4. The summed E-state index contributed by atoms with van der Waals surface area (Å²) in [4.78, 5) is 0. The van der Waals surface area contributed by atoms with Gasteiger partial charge in [-0.3, -0.25) is 0 Å². The maximum atomic E-state index is 6.23. The smallest absolute Gasteiger partial charge is 0.138 e. The highest BCUT2D eigenvalue weighted by Gasteiger charge is 2.05. The largest absolute Gasteiger partial charge is 0.487 e. The molecule has 0 saturated heterocycles. The van der Waals surface area contributed by atoms with Gasteiger partial charge in [0.15, 0.2) is 0 Å². The maximum Gasteiger partial charge on any atom is 0.138 e. The number of hydrogen-bond donors (Lipinski definition) is 1. The summed E-state index contributed by atoms with van der Waals surface area (Å²) in [5, 5.41) is 4.58. The second kappa shape index (κ2) is 7.53. The first kappa shape index (κ1) is 15.2. The number of ether oxygens (including phenoxy) is 1. The SMILES string of the molecule is CCNCc1ccc(OCc2ccccc2Cl)c(Cl)c1. The average Bonchev–Trinajstić information content (AvgIpc) is 2.45. The molecule has 0 radical (unpaired) electrons. The third-order valence-corrected chi connectivity index (χ3v) is 3.58. The second-order valence-corrected chi connectivity index (χ2v) is 5.24. The summed E-state index contributed by atoms with van der Waals surface area (Å²) in [6.45, 7) is 4.22. The predicted molar refractivity (Wildman–Crippen MR) is 84.6 cm³/mol. The molecule has 0 aliphatic carbocycles. The predicted octanol–water partition coefficient (Wildman–Crippen LogP) is 4.68. The molecule has 2 nitrogen and oxygen atoms in total. The van der Waals surface area contributed by atoms with Crippen molar-refractivity contribution in [2.45, 2.75) is 20.1 Å². The molecule has 1 N–H and O–H groups in total. The molecule has 0 heterocycles. The van der Waals surface area contributed by atoms with Gasteiger partial charge in [-0.25, -0.2) is 0 Å². The normalized spacial score (nSPS) is 10.6. The van der Waals surface area contributed by atoms with Crippen LogP contribution in [0.3, 0.4) is 0 Å². The molecular weight excluding hydrogens is 293 g/mol. The molecule has 2 aromatic carbocycles. The molecule has 2 rings (SSSR count). The van der Waals surface area contributed by atoms with Crippen LogP contribution in [0.2, 0.25) is 10.0 Å². The molecular formula is C16H17Cl2NO. The highest BCUT2D eigenvalue weighted by Crippen LogP contribution is 2.27. The summed E-state index contributed by atoms with van der Waals surface area (Å²) in [7, 11) is 0. The van der Waals surface area contributed by atoms with E-state index in [9.17, 15) is 0 Å². The van der Waals surface area contributed by atoms with E-state index in [-0.39, 0.29) is 0 Å². The lowest BCUT2D eigenvalue weighted by Crippen LogP contribution is -2.11. The van der Waals surface area contributed by atoms with Crippen molar-refractivity contribution in [3.8, 4) is 5.75 Å². The highest BCUT2D eigenvalue weighted by molar-refractivity contribution is 6.32. The van der Waals surface area contributed by atoms with E-state index in [1.54, 1.807) is 0 Å². The number of benzene rings is 2. The Morgan fingerprint density at radius 1 is 1.05 bits per heavy atom. The summed E-state index contributed by atoms with van der Waals surface area (Å²) < 4.78 is 5.73. The minimum Gasteiger partial charge on any atom is -0.487 e. The van der Waals surface area contributed by atoms with Crippen LogP contribution in [0.5, 0.6) is 5.75 Å². The van der Waals surface area contributed by atoms with Crippen LogP contribution in [0, 0.1) is 0 Å². The molecule has 0 spiro atoms. The van der Waals surface area contributed by atoms with Crippen molar-refractivity contribution in [3.05, 3.63) is 63.6 Å². The molecule has 0 aliphatic heterocycles. The van der Waals surface area contributed by atoms with E-state index in [2.05, 4.69) is 12.2 Å². The van der Waals surface area contributed by atoms with Gasteiger partial charge in [0.1, 0.15) is 12.4 Å². The van der Waals surface area contributed by atoms with Crippen molar-refractivity contribution < 1.29 is 4.74 Å². The van der Waals surface area contributed by atoms with Crippen LogP contribution in [0.4, 0.5) is 0 Å². The Balaban J connectivity index is 2.01. The van der Waals surface area contributed by atoms with E-state index in [0.29, 0.717) is 22.4 Å². The van der Waals surface area contributed by atoms with E-state index >= 15 is 0 Å². The molecule has 0 aliphatic rings. The fourth-order valence-electron chi connectivity index (χ4n) is 1.81. The lowest BCUT2D eigenvalue weighted by molar-refractivity contribution is 0.306. The third kappa shape index (κ3) is 4.14. The van der Waals surface area contributed by atoms with Crippen LogP contribution in [0.25, 0.3) is 0 Å². The van der Waals surface area contributed by atoms with Gasteiger partial charge >= 0.3 is 0 Å².